The van der Waals surface area contributed by atoms with Crippen molar-refractivity contribution >= 4 is 28.3 Å². The van der Waals surface area contributed by atoms with Crippen molar-refractivity contribution in [1.82, 2.24) is 0 Å². The van der Waals surface area contributed by atoms with Gasteiger partial charge in [-0.3, -0.25) is 9.59 Å². The van der Waals surface area contributed by atoms with Crippen LogP contribution in [0.3, 0.4) is 0 Å². The zero-order valence-electron chi connectivity index (χ0n) is 16.9. The van der Waals surface area contributed by atoms with Crippen LogP contribution in [0.15, 0.2) is 36.4 Å². The highest BCUT2D eigenvalue weighted by Crippen LogP contribution is 2.64. The third-order valence-electron chi connectivity index (χ3n) is 7.28. The van der Waals surface area contributed by atoms with Gasteiger partial charge in [0, 0.05) is 30.2 Å². The van der Waals surface area contributed by atoms with Crippen LogP contribution in [-0.2, 0) is 14.3 Å². The maximum absolute atomic E-state index is 13.7. The van der Waals surface area contributed by atoms with Gasteiger partial charge in [-0.1, -0.05) is 24.3 Å². The van der Waals surface area contributed by atoms with Crippen molar-refractivity contribution in [3.8, 4) is 12.1 Å². The van der Waals surface area contributed by atoms with Gasteiger partial charge in [-0.25, -0.2) is 4.90 Å². The molecule has 0 spiro atoms. The van der Waals surface area contributed by atoms with Crippen molar-refractivity contribution < 1.29 is 19.4 Å². The Labute approximate surface area is 179 Å². The molecule has 0 aliphatic carbocycles. The second-order valence-electron chi connectivity index (χ2n) is 8.62. The van der Waals surface area contributed by atoms with E-state index < -0.39 is 23.0 Å². The number of hydrogen-bond acceptors (Lipinski definition) is 6. The van der Waals surface area contributed by atoms with E-state index in [2.05, 4.69) is 12.1 Å². The molecule has 1 N–H and O–H groups in total. The van der Waals surface area contributed by atoms with Crippen LogP contribution in [0.1, 0.15) is 37.7 Å². The van der Waals surface area contributed by atoms with Gasteiger partial charge in [-0.2, -0.15) is 10.5 Å². The average Bonchev–Trinajstić information content (AvgIpc) is 3.38. The lowest BCUT2D eigenvalue weighted by atomic mass is 9.65. The minimum atomic E-state index is -0.876. The Morgan fingerprint density at radius 3 is 2.26 bits per heavy atom. The number of aliphatic hydroxyl groups is 1. The molecular formula is C24H21N3O4. The fourth-order valence-electron chi connectivity index (χ4n) is 6.03. The summed E-state index contributed by atoms with van der Waals surface area (Å²) in [6.45, 7) is -0.140. The molecule has 0 saturated carbocycles. The molecule has 3 saturated heterocycles. The predicted octanol–water partition coefficient (Wildman–Crippen LogP) is 2.80. The molecule has 3 aliphatic rings. The Hall–Kier alpha value is -3.26. The number of amides is 2. The second kappa shape index (κ2) is 6.88. The summed E-state index contributed by atoms with van der Waals surface area (Å²) in [7, 11) is 0. The van der Waals surface area contributed by atoms with Crippen molar-refractivity contribution in [1.29, 1.82) is 10.5 Å². The maximum atomic E-state index is 13.7. The van der Waals surface area contributed by atoms with E-state index in [1.54, 1.807) is 24.3 Å². The molecule has 7 heteroatoms. The van der Waals surface area contributed by atoms with Crippen LogP contribution in [-0.4, -0.2) is 34.7 Å². The molecule has 5 rings (SSSR count). The standard InChI is InChI=1S/C24H21N3O4/c25-12-3-8-23-9-10-24(31-23,11-13-28)20-19(23)21(29)27(22(20)30)18-7-6-15(14-26)16-4-1-2-5-17(16)18/h1-2,4-7,19-20,28H,3,8-11,13H2. The van der Waals surface area contributed by atoms with Gasteiger partial charge in [0.15, 0.2) is 0 Å². The van der Waals surface area contributed by atoms with Crippen molar-refractivity contribution in [2.45, 2.75) is 43.3 Å². The van der Waals surface area contributed by atoms with E-state index in [0.29, 0.717) is 41.3 Å². The van der Waals surface area contributed by atoms with Gasteiger partial charge in [0.25, 0.3) is 0 Å². The Kier molecular flexibility index (Phi) is 4.37. The lowest BCUT2D eigenvalue weighted by molar-refractivity contribution is -0.132. The number of rotatable bonds is 5. The lowest BCUT2D eigenvalue weighted by Crippen LogP contribution is -2.43. The number of carbonyl (C=O) groups is 2. The topological polar surface area (TPSA) is 114 Å². The molecule has 2 aromatic rings. The van der Waals surface area contributed by atoms with E-state index in [1.165, 1.54) is 4.90 Å². The van der Waals surface area contributed by atoms with E-state index in [1.807, 2.05) is 12.1 Å². The molecule has 4 unspecified atom stereocenters. The molecule has 0 aromatic heterocycles. The first-order valence-corrected chi connectivity index (χ1v) is 10.5. The average molecular weight is 415 g/mol. The Bertz CT molecular complexity index is 1200. The van der Waals surface area contributed by atoms with Crippen LogP contribution < -0.4 is 4.90 Å². The highest BCUT2D eigenvalue weighted by Gasteiger charge is 2.74. The van der Waals surface area contributed by atoms with Crippen LogP contribution in [0.4, 0.5) is 5.69 Å². The molecule has 0 radical (unpaired) electrons. The van der Waals surface area contributed by atoms with Gasteiger partial charge in [0.1, 0.15) is 0 Å². The second-order valence-corrected chi connectivity index (χ2v) is 8.62. The fourth-order valence-corrected chi connectivity index (χ4v) is 6.03. The summed E-state index contributed by atoms with van der Waals surface area (Å²) >= 11 is 0. The number of fused-ring (bicyclic) bond motifs is 6. The van der Waals surface area contributed by atoms with E-state index in [-0.39, 0.29) is 31.3 Å². The number of imide groups is 1. The van der Waals surface area contributed by atoms with Gasteiger partial charge >= 0.3 is 0 Å². The Balaban J connectivity index is 1.65. The van der Waals surface area contributed by atoms with Crippen LogP contribution in [0.2, 0.25) is 0 Å². The van der Waals surface area contributed by atoms with E-state index >= 15 is 0 Å². The highest BCUT2D eigenvalue weighted by molar-refractivity contribution is 6.26. The summed E-state index contributed by atoms with van der Waals surface area (Å²) in [5.74, 6) is -1.98. The third-order valence-corrected chi connectivity index (χ3v) is 7.28. The van der Waals surface area contributed by atoms with Crippen molar-refractivity contribution in [2.75, 3.05) is 11.5 Å². The molecule has 3 fully saturated rings. The smallest absolute Gasteiger partial charge is 0.240 e. The molecule has 31 heavy (non-hydrogen) atoms. The van der Waals surface area contributed by atoms with Crippen molar-refractivity contribution in [2.24, 2.45) is 11.8 Å². The van der Waals surface area contributed by atoms with Crippen LogP contribution in [0.25, 0.3) is 10.8 Å². The highest BCUT2D eigenvalue weighted by atomic mass is 16.5. The summed E-state index contributed by atoms with van der Waals surface area (Å²) in [5.41, 5.74) is -0.782. The monoisotopic (exact) mass is 415 g/mol. The summed E-state index contributed by atoms with van der Waals surface area (Å²) < 4.78 is 6.38. The summed E-state index contributed by atoms with van der Waals surface area (Å²) in [6.07, 6.45) is 2.08. The van der Waals surface area contributed by atoms with Crippen LogP contribution in [0, 0.1) is 34.5 Å². The van der Waals surface area contributed by atoms with Crippen LogP contribution >= 0.6 is 0 Å². The molecule has 3 heterocycles. The summed E-state index contributed by atoms with van der Waals surface area (Å²) in [6, 6.07) is 14.8. The molecule has 2 amide bonds. The molecule has 7 nitrogen and oxygen atoms in total. The number of anilines is 1. The van der Waals surface area contributed by atoms with Crippen molar-refractivity contribution in [3.63, 3.8) is 0 Å². The normalized spacial score (nSPS) is 31.1. The van der Waals surface area contributed by atoms with Gasteiger partial charge in [-0.15, -0.1) is 0 Å². The van der Waals surface area contributed by atoms with Crippen LogP contribution in [0.5, 0.6) is 0 Å². The fraction of sp³-hybridized carbons (Fsp3) is 0.417. The first kappa shape index (κ1) is 19.7. The molecule has 156 valence electrons. The number of hydrogen-bond donors (Lipinski definition) is 1. The maximum Gasteiger partial charge on any atom is 0.240 e. The third kappa shape index (κ3) is 2.51. The number of nitriles is 2. The molecule has 3 aliphatic heterocycles. The zero-order chi connectivity index (χ0) is 21.8. The first-order chi connectivity index (χ1) is 15.0. The quantitative estimate of drug-likeness (QED) is 0.751. The summed E-state index contributed by atoms with van der Waals surface area (Å²) in [4.78, 5) is 28.7. The lowest BCUT2D eigenvalue weighted by Gasteiger charge is -2.31. The van der Waals surface area contributed by atoms with Gasteiger partial charge in [-0.05, 0) is 31.4 Å². The Morgan fingerprint density at radius 2 is 1.65 bits per heavy atom. The predicted molar refractivity (Wildman–Crippen MR) is 110 cm³/mol. The van der Waals surface area contributed by atoms with Gasteiger partial charge in [0.2, 0.25) is 11.8 Å². The van der Waals surface area contributed by atoms with Crippen molar-refractivity contribution in [3.05, 3.63) is 42.0 Å². The van der Waals surface area contributed by atoms with Gasteiger partial charge < -0.3 is 9.84 Å². The molecule has 4 atom stereocenters. The SMILES string of the molecule is N#CCCC12CCC(CCO)(O1)C1C(=O)N(c3ccc(C#N)c4ccccc34)C(=O)C12. The summed E-state index contributed by atoms with van der Waals surface area (Å²) in [5, 5.41) is 29.6. The first-order valence-electron chi connectivity index (χ1n) is 10.5. The minimum Gasteiger partial charge on any atom is -0.396 e. The molecule has 2 aromatic carbocycles. The largest absolute Gasteiger partial charge is 0.396 e. The number of aliphatic hydroxyl groups excluding tert-OH is 1. The number of ether oxygens (including phenoxy) is 1. The number of carbonyl (C=O) groups excluding carboxylic acids is 2. The zero-order valence-corrected chi connectivity index (χ0v) is 16.9. The number of nitrogens with zero attached hydrogens (tertiary/aromatic N) is 3. The number of benzene rings is 2. The van der Waals surface area contributed by atoms with E-state index in [9.17, 15) is 20.0 Å². The van der Waals surface area contributed by atoms with E-state index in [0.717, 1.165) is 0 Å². The minimum absolute atomic E-state index is 0.140. The molecule has 2 bridgehead atoms. The van der Waals surface area contributed by atoms with E-state index in [4.69, 9.17) is 10.00 Å². The molecular weight excluding hydrogens is 394 g/mol. The van der Waals surface area contributed by atoms with Gasteiger partial charge in [0.05, 0.1) is 46.4 Å². The Morgan fingerprint density at radius 1 is 1.00 bits per heavy atom.